The summed E-state index contributed by atoms with van der Waals surface area (Å²) in [7, 11) is 1.65. The predicted octanol–water partition coefficient (Wildman–Crippen LogP) is 3.29. The van der Waals surface area contributed by atoms with E-state index >= 15 is 0 Å². The van der Waals surface area contributed by atoms with Gasteiger partial charge in [0, 0.05) is 17.0 Å². The van der Waals surface area contributed by atoms with E-state index in [0.717, 1.165) is 28.0 Å². The average molecular weight is 268 g/mol. The fourth-order valence-electron chi connectivity index (χ4n) is 2.21. The Bertz CT molecular complexity index is 747. The molecule has 0 aliphatic rings. The Labute approximate surface area is 117 Å². The van der Waals surface area contributed by atoms with E-state index in [1.165, 1.54) is 0 Å². The van der Waals surface area contributed by atoms with Crippen LogP contribution in [0.1, 0.15) is 18.7 Å². The predicted molar refractivity (Wildman–Crippen MR) is 78.7 cm³/mol. The third-order valence-corrected chi connectivity index (χ3v) is 3.30. The molecule has 2 aromatic heterocycles. The molecule has 0 radical (unpaired) electrons. The molecule has 0 aliphatic carbocycles. The molecule has 102 valence electrons. The molecule has 0 bridgehead atoms. The van der Waals surface area contributed by atoms with Crippen LogP contribution in [0.4, 0.5) is 0 Å². The molecule has 2 heterocycles. The van der Waals surface area contributed by atoms with E-state index in [4.69, 9.17) is 4.74 Å². The highest BCUT2D eigenvalue weighted by molar-refractivity contribution is 5.86. The minimum absolute atomic E-state index is 0.570. The van der Waals surface area contributed by atoms with Gasteiger partial charge in [0.2, 0.25) is 0 Å². The van der Waals surface area contributed by atoms with Crippen molar-refractivity contribution in [3.63, 3.8) is 0 Å². The number of rotatable bonds is 3. The van der Waals surface area contributed by atoms with Gasteiger partial charge in [-0.15, -0.1) is 0 Å². The van der Waals surface area contributed by atoms with Gasteiger partial charge in [0.15, 0.2) is 0 Å². The van der Waals surface area contributed by atoms with Crippen molar-refractivity contribution in [2.75, 3.05) is 7.11 Å². The van der Waals surface area contributed by atoms with Gasteiger partial charge in [-0.25, -0.2) is 4.98 Å². The van der Waals surface area contributed by atoms with E-state index in [0.29, 0.717) is 5.69 Å². The lowest BCUT2D eigenvalue weighted by Crippen LogP contribution is -1.96. The number of pyridine rings is 1. The second-order valence-electron chi connectivity index (χ2n) is 4.76. The Morgan fingerprint density at radius 1 is 1.20 bits per heavy atom. The summed E-state index contributed by atoms with van der Waals surface area (Å²) in [6.45, 7) is 1.71. The molecule has 2 N–H and O–H groups in total. The van der Waals surface area contributed by atoms with Crippen molar-refractivity contribution in [1.82, 2.24) is 9.97 Å². The number of benzene rings is 1. The van der Waals surface area contributed by atoms with Crippen LogP contribution in [0.2, 0.25) is 0 Å². The molecule has 0 fully saturated rings. The number of aromatic nitrogens is 2. The first-order valence-electron chi connectivity index (χ1n) is 6.49. The van der Waals surface area contributed by atoms with Crippen LogP contribution in [0.15, 0.2) is 42.5 Å². The first kappa shape index (κ1) is 12.7. The maximum absolute atomic E-state index is 9.61. The zero-order valence-electron chi connectivity index (χ0n) is 11.4. The summed E-state index contributed by atoms with van der Waals surface area (Å²) in [6, 6.07) is 13.6. The zero-order chi connectivity index (χ0) is 14.1. The Morgan fingerprint density at radius 3 is 2.80 bits per heavy atom. The topological polar surface area (TPSA) is 58.1 Å². The third kappa shape index (κ3) is 2.26. The summed E-state index contributed by atoms with van der Waals surface area (Å²) in [5, 5.41) is 10.7. The number of aromatic amines is 1. The summed E-state index contributed by atoms with van der Waals surface area (Å²) >= 11 is 0. The molecule has 3 aromatic rings. The van der Waals surface area contributed by atoms with Gasteiger partial charge in [-0.3, -0.25) is 0 Å². The number of hydrogen-bond acceptors (Lipinski definition) is 3. The van der Waals surface area contributed by atoms with Crippen LogP contribution in [-0.4, -0.2) is 22.2 Å². The number of methoxy groups -OCH3 is 1. The van der Waals surface area contributed by atoms with Crippen molar-refractivity contribution in [1.29, 1.82) is 0 Å². The van der Waals surface area contributed by atoms with Gasteiger partial charge < -0.3 is 14.8 Å². The fourth-order valence-corrected chi connectivity index (χ4v) is 2.21. The van der Waals surface area contributed by atoms with E-state index in [1.54, 1.807) is 14.0 Å². The first-order chi connectivity index (χ1) is 9.67. The van der Waals surface area contributed by atoms with Crippen molar-refractivity contribution >= 4 is 10.9 Å². The number of aliphatic hydroxyl groups is 1. The van der Waals surface area contributed by atoms with Crippen molar-refractivity contribution in [2.45, 2.75) is 13.0 Å². The van der Waals surface area contributed by atoms with Crippen molar-refractivity contribution in [3.05, 3.63) is 48.2 Å². The van der Waals surface area contributed by atoms with Crippen molar-refractivity contribution < 1.29 is 9.84 Å². The molecule has 4 nitrogen and oxygen atoms in total. The van der Waals surface area contributed by atoms with Gasteiger partial charge in [0.1, 0.15) is 5.75 Å². The van der Waals surface area contributed by atoms with Gasteiger partial charge in [0.25, 0.3) is 0 Å². The number of hydrogen-bond donors (Lipinski definition) is 2. The largest absolute Gasteiger partial charge is 0.497 e. The summed E-state index contributed by atoms with van der Waals surface area (Å²) in [6.07, 6.45) is -0.570. The van der Waals surface area contributed by atoms with Crippen LogP contribution in [0.3, 0.4) is 0 Å². The van der Waals surface area contributed by atoms with E-state index in [2.05, 4.69) is 9.97 Å². The van der Waals surface area contributed by atoms with Gasteiger partial charge in [0.05, 0.1) is 30.3 Å². The van der Waals surface area contributed by atoms with Crippen LogP contribution >= 0.6 is 0 Å². The van der Waals surface area contributed by atoms with Crippen LogP contribution in [0.5, 0.6) is 5.75 Å². The Kier molecular flexibility index (Phi) is 3.16. The minimum atomic E-state index is -0.570. The highest BCUT2D eigenvalue weighted by atomic mass is 16.5. The van der Waals surface area contributed by atoms with Gasteiger partial charge in [-0.1, -0.05) is 6.07 Å². The first-order valence-corrected chi connectivity index (χ1v) is 6.49. The Balaban J connectivity index is 2.07. The molecular formula is C16H16N2O2. The molecule has 20 heavy (non-hydrogen) atoms. The normalized spacial score (nSPS) is 12.6. The maximum Gasteiger partial charge on any atom is 0.120 e. The van der Waals surface area contributed by atoms with E-state index in [9.17, 15) is 5.11 Å². The molecular weight excluding hydrogens is 252 g/mol. The quantitative estimate of drug-likeness (QED) is 0.766. The SMILES string of the molecule is COc1ccc2cc(-c3cccc([C@@H](C)O)n3)[nH]c2c1. The van der Waals surface area contributed by atoms with E-state index < -0.39 is 6.10 Å². The number of aliphatic hydroxyl groups excluding tert-OH is 1. The lowest BCUT2D eigenvalue weighted by molar-refractivity contribution is 0.194. The average Bonchev–Trinajstić information content (AvgIpc) is 2.90. The summed E-state index contributed by atoms with van der Waals surface area (Å²) in [5.74, 6) is 0.816. The number of nitrogens with one attached hydrogen (secondary N) is 1. The van der Waals surface area contributed by atoms with Crippen LogP contribution in [0, 0.1) is 0 Å². The molecule has 3 rings (SSSR count). The second-order valence-corrected chi connectivity index (χ2v) is 4.76. The summed E-state index contributed by atoms with van der Waals surface area (Å²) in [4.78, 5) is 7.80. The Hall–Kier alpha value is -2.33. The summed E-state index contributed by atoms with van der Waals surface area (Å²) < 4.78 is 5.22. The van der Waals surface area contributed by atoms with Crippen molar-refractivity contribution in [3.8, 4) is 17.1 Å². The molecule has 0 saturated heterocycles. The molecule has 0 spiro atoms. The lowest BCUT2D eigenvalue weighted by atomic mass is 10.2. The molecule has 4 heteroatoms. The zero-order valence-corrected chi connectivity index (χ0v) is 11.4. The molecule has 1 aromatic carbocycles. The minimum Gasteiger partial charge on any atom is -0.497 e. The number of ether oxygens (including phenoxy) is 1. The van der Waals surface area contributed by atoms with Crippen molar-refractivity contribution in [2.24, 2.45) is 0 Å². The monoisotopic (exact) mass is 268 g/mol. The number of H-pyrrole nitrogens is 1. The summed E-state index contributed by atoms with van der Waals surface area (Å²) in [5.41, 5.74) is 3.41. The standard InChI is InChI=1S/C16H16N2O2/c1-10(19)13-4-3-5-14(17-13)16-8-11-6-7-12(20-2)9-15(11)18-16/h3-10,18-19H,1-2H3/t10-/m1/s1. The third-order valence-electron chi connectivity index (χ3n) is 3.30. The lowest BCUT2D eigenvalue weighted by Gasteiger charge is -2.05. The van der Waals surface area contributed by atoms with Crippen LogP contribution < -0.4 is 4.74 Å². The smallest absolute Gasteiger partial charge is 0.120 e. The van der Waals surface area contributed by atoms with Gasteiger partial charge in [-0.05, 0) is 37.3 Å². The maximum atomic E-state index is 9.61. The number of fused-ring (bicyclic) bond motifs is 1. The van der Waals surface area contributed by atoms with Crippen LogP contribution in [-0.2, 0) is 0 Å². The molecule has 0 unspecified atom stereocenters. The molecule has 0 amide bonds. The molecule has 0 aliphatic heterocycles. The highest BCUT2D eigenvalue weighted by Gasteiger charge is 2.08. The van der Waals surface area contributed by atoms with Gasteiger partial charge >= 0.3 is 0 Å². The van der Waals surface area contributed by atoms with Gasteiger partial charge in [-0.2, -0.15) is 0 Å². The highest BCUT2D eigenvalue weighted by Crippen LogP contribution is 2.26. The molecule has 0 saturated carbocycles. The fraction of sp³-hybridized carbons (Fsp3) is 0.188. The van der Waals surface area contributed by atoms with E-state index in [1.807, 2.05) is 42.5 Å². The van der Waals surface area contributed by atoms with Crippen LogP contribution in [0.25, 0.3) is 22.3 Å². The number of nitrogens with zero attached hydrogens (tertiary/aromatic N) is 1. The van der Waals surface area contributed by atoms with E-state index in [-0.39, 0.29) is 0 Å². The second kappa shape index (κ2) is 4.98. The Morgan fingerprint density at radius 2 is 2.05 bits per heavy atom. The molecule has 1 atom stereocenters.